The van der Waals surface area contributed by atoms with Crippen LogP contribution in [0.4, 0.5) is 0 Å². The molecule has 2 rings (SSSR count). The summed E-state index contributed by atoms with van der Waals surface area (Å²) in [5, 5.41) is 0. The van der Waals surface area contributed by atoms with Gasteiger partial charge < -0.3 is 9.47 Å². The first-order valence-corrected chi connectivity index (χ1v) is 11.1. The van der Waals surface area contributed by atoms with Gasteiger partial charge in [0.1, 0.15) is 12.7 Å². The molecule has 30 heavy (non-hydrogen) atoms. The molecule has 4 nitrogen and oxygen atoms in total. The van der Waals surface area contributed by atoms with E-state index in [1.165, 1.54) is 31.2 Å². The van der Waals surface area contributed by atoms with Crippen LogP contribution in [0.1, 0.15) is 75.2 Å². The molecule has 0 fully saturated rings. The second kappa shape index (κ2) is 12.8. The lowest BCUT2D eigenvalue weighted by molar-refractivity contribution is -0.146. The van der Waals surface area contributed by atoms with Gasteiger partial charge in [-0.05, 0) is 55.0 Å². The fourth-order valence-electron chi connectivity index (χ4n) is 3.19. The van der Waals surface area contributed by atoms with Crippen LogP contribution in [-0.2, 0) is 20.7 Å². The zero-order chi connectivity index (χ0) is 21.8. The maximum Gasteiger partial charge on any atom is 0.338 e. The molecule has 2 aromatic rings. The second-order valence-electron chi connectivity index (χ2n) is 7.73. The third-order valence-corrected chi connectivity index (χ3v) is 4.97. The van der Waals surface area contributed by atoms with Crippen molar-refractivity contribution in [2.24, 2.45) is 0 Å². The topological polar surface area (TPSA) is 52.6 Å². The van der Waals surface area contributed by atoms with E-state index in [0.29, 0.717) is 12.0 Å². The summed E-state index contributed by atoms with van der Waals surface area (Å²) in [6.07, 6.45) is 6.84. The maximum absolute atomic E-state index is 12.3. The predicted octanol–water partition coefficient (Wildman–Crippen LogP) is 6.37. The average Bonchev–Trinajstić information content (AvgIpc) is 2.76. The number of esters is 2. The largest absolute Gasteiger partial charge is 0.462 e. The van der Waals surface area contributed by atoms with Crippen molar-refractivity contribution in [1.82, 2.24) is 0 Å². The molecule has 0 heterocycles. The molecule has 1 unspecified atom stereocenters. The fourth-order valence-corrected chi connectivity index (χ4v) is 3.19. The standard InChI is InChI=1S/C26H34O4/c1-4-6-7-8-10-21-11-13-22(14-12-21)23-15-17-24(18-16-23)26(28)30-20(3)19-29-25(27)9-5-2/h11-18,20H,4-10,19H2,1-3H3. The van der Waals surface area contributed by atoms with Crippen LogP contribution in [0.25, 0.3) is 11.1 Å². The number of carbonyl (C=O) groups is 2. The highest BCUT2D eigenvalue weighted by molar-refractivity contribution is 5.90. The van der Waals surface area contributed by atoms with Gasteiger partial charge in [0.2, 0.25) is 0 Å². The predicted molar refractivity (Wildman–Crippen MR) is 120 cm³/mol. The van der Waals surface area contributed by atoms with Gasteiger partial charge in [0.15, 0.2) is 0 Å². The molecule has 0 aliphatic carbocycles. The zero-order valence-corrected chi connectivity index (χ0v) is 18.5. The monoisotopic (exact) mass is 410 g/mol. The number of hydrogen-bond acceptors (Lipinski definition) is 4. The summed E-state index contributed by atoms with van der Waals surface area (Å²) < 4.78 is 10.5. The number of ether oxygens (including phenoxy) is 2. The van der Waals surface area contributed by atoms with Gasteiger partial charge in [-0.2, -0.15) is 0 Å². The fraction of sp³-hybridized carbons (Fsp3) is 0.462. The minimum atomic E-state index is -0.483. The van der Waals surface area contributed by atoms with E-state index < -0.39 is 12.1 Å². The third-order valence-electron chi connectivity index (χ3n) is 4.97. The van der Waals surface area contributed by atoms with Crippen molar-refractivity contribution in [3.05, 3.63) is 59.7 Å². The van der Waals surface area contributed by atoms with Crippen LogP contribution in [-0.4, -0.2) is 24.6 Å². The Hall–Kier alpha value is -2.62. The first kappa shape index (κ1) is 23.7. The van der Waals surface area contributed by atoms with Gasteiger partial charge in [0.25, 0.3) is 0 Å². The molecule has 0 N–H and O–H groups in total. The van der Waals surface area contributed by atoms with E-state index in [4.69, 9.17) is 9.47 Å². The van der Waals surface area contributed by atoms with Crippen LogP contribution in [0, 0.1) is 0 Å². The number of aryl methyl sites for hydroxylation is 1. The molecule has 1 atom stereocenters. The lowest BCUT2D eigenvalue weighted by Crippen LogP contribution is -2.22. The van der Waals surface area contributed by atoms with Crippen molar-refractivity contribution in [2.45, 2.75) is 71.8 Å². The molecule has 4 heteroatoms. The van der Waals surface area contributed by atoms with Crippen LogP contribution < -0.4 is 0 Å². The van der Waals surface area contributed by atoms with Crippen molar-refractivity contribution in [1.29, 1.82) is 0 Å². The Kier molecular flexibility index (Phi) is 10.1. The first-order valence-electron chi connectivity index (χ1n) is 11.1. The van der Waals surface area contributed by atoms with Crippen LogP contribution in [0.5, 0.6) is 0 Å². The highest BCUT2D eigenvalue weighted by Crippen LogP contribution is 2.21. The Morgan fingerprint density at radius 2 is 1.47 bits per heavy atom. The van der Waals surface area contributed by atoms with Gasteiger partial charge in [-0.15, -0.1) is 0 Å². The van der Waals surface area contributed by atoms with E-state index in [-0.39, 0.29) is 12.6 Å². The molecule has 0 saturated heterocycles. The summed E-state index contributed by atoms with van der Waals surface area (Å²) in [5.41, 5.74) is 4.04. The molecule has 0 aliphatic heterocycles. The molecule has 0 amide bonds. The van der Waals surface area contributed by atoms with Crippen LogP contribution in [0.2, 0.25) is 0 Å². The summed E-state index contributed by atoms with van der Waals surface area (Å²) in [6, 6.07) is 16.0. The van der Waals surface area contributed by atoms with Crippen molar-refractivity contribution in [3.63, 3.8) is 0 Å². The van der Waals surface area contributed by atoms with Gasteiger partial charge in [0, 0.05) is 6.42 Å². The summed E-state index contributed by atoms with van der Waals surface area (Å²) in [6.45, 7) is 5.94. The average molecular weight is 411 g/mol. The third kappa shape index (κ3) is 8.02. The van der Waals surface area contributed by atoms with Crippen molar-refractivity contribution >= 4 is 11.9 Å². The Morgan fingerprint density at radius 3 is 2.07 bits per heavy atom. The number of benzene rings is 2. The van der Waals surface area contributed by atoms with Crippen molar-refractivity contribution in [2.75, 3.05) is 6.61 Å². The summed E-state index contributed by atoms with van der Waals surface area (Å²) >= 11 is 0. The number of hydrogen-bond donors (Lipinski definition) is 0. The van der Waals surface area contributed by atoms with Gasteiger partial charge in [0.05, 0.1) is 5.56 Å². The van der Waals surface area contributed by atoms with E-state index in [1.807, 2.05) is 19.1 Å². The van der Waals surface area contributed by atoms with Gasteiger partial charge in [-0.3, -0.25) is 4.79 Å². The smallest absolute Gasteiger partial charge is 0.338 e. The Bertz CT molecular complexity index is 778. The molecule has 0 radical (unpaired) electrons. The Morgan fingerprint density at radius 1 is 0.833 bits per heavy atom. The maximum atomic E-state index is 12.3. The summed E-state index contributed by atoms with van der Waals surface area (Å²) in [4.78, 5) is 23.7. The molecular weight excluding hydrogens is 376 g/mol. The molecular formula is C26H34O4. The first-order chi connectivity index (χ1) is 14.5. The number of carbonyl (C=O) groups excluding carboxylic acids is 2. The minimum Gasteiger partial charge on any atom is -0.462 e. The van der Waals surface area contributed by atoms with Crippen LogP contribution in [0.15, 0.2) is 48.5 Å². The van der Waals surface area contributed by atoms with E-state index in [2.05, 4.69) is 31.2 Å². The number of unbranched alkanes of at least 4 members (excludes halogenated alkanes) is 3. The molecule has 0 bridgehead atoms. The molecule has 0 aliphatic rings. The van der Waals surface area contributed by atoms with Crippen molar-refractivity contribution in [3.8, 4) is 11.1 Å². The lowest BCUT2D eigenvalue weighted by atomic mass is 10.0. The van der Waals surface area contributed by atoms with Gasteiger partial charge >= 0.3 is 11.9 Å². The molecule has 0 spiro atoms. The Labute approximate surface area is 180 Å². The number of rotatable bonds is 12. The lowest BCUT2D eigenvalue weighted by Gasteiger charge is -2.14. The minimum absolute atomic E-state index is 0.0768. The zero-order valence-electron chi connectivity index (χ0n) is 18.5. The SMILES string of the molecule is CCCCCCc1ccc(-c2ccc(C(=O)OC(C)COC(=O)CCC)cc2)cc1. The highest BCUT2D eigenvalue weighted by Gasteiger charge is 2.14. The summed E-state index contributed by atoms with van der Waals surface area (Å²) in [5.74, 6) is -0.681. The Balaban J connectivity index is 1.86. The second-order valence-corrected chi connectivity index (χ2v) is 7.73. The molecule has 0 aromatic heterocycles. The van der Waals surface area contributed by atoms with Crippen molar-refractivity contribution < 1.29 is 19.1 Å². The van der Waals surface area contributed by atoms with E-state index in [9.17, 15) is 9.59 Å². The molecule has 162 valence electrons. The van der Waals surface area contributed by atoms with Crippen LogP contribution in [0.3, 0.4) is 0 Å². The summed E-state index contributed by atoms with van der Waals surface area (Å²) in [7, 11) is 0. The highest BCUT2D eigenvalue weighted by atomic mass is 16.6. The molecule has 2 aromatic carbocycles. The molecule has 0 saturated carbocycles. The van der Waals surface area contributed by atoms with Crippen LogP contribution >= 0.6 is 0 Å². The van der Waals surface area contributed by atoms with Gasteiger partial charge in [-0.1, -0.05) is 69.5 Å². The van der Waals surface area contributed by atoms with E-state index >= 15 is 0 Å². The van der Waals surface area contributed by atoms with Gasteiger partial charge in [-0.25, -0.2) is 4.79 Å². The van der Waals surface area contributed by atoms with E-state index in [1.54, 1.807) is 19.1 Å². The van der Waals surface area contributed by atoms with E-state index in [0.717, 1.165) is 24.0 Å². The quantitative estimate of drug-likeness (QED) is 0.301. The normalized spacial score (nSPS) is 11.7.